The van der Waals surface area contributed by atoms with E-state index in [2.05, 4.69) is 31.1 Å². The van der Waals surface area contributed by atoms with Crippen molar-refractivity contribution in [3.63, 3.8) is 0 Å². The van der Waals surface area contributed by atoms with Crippen LogP contribution in [0.3, 0.4) is 0 Å². The largest absolute Gasteiger partial charge is 0.376 e. The summed E-state index contributed by atoms with van der Waals surface area (Å²) in [5, 5.41) is 3.14. The van der Waals surface area contributed by atoms with E-state index in [0.29, 0.717) is 30.1 Å². The summed E-state index contributed by atoms with van der Waals surface area (Å²) in [7, 11) is 0. The molecule has 3 unspecified atom stereocenters. The number of rotatable bonds is 13. The van der Waals surface area contributed by atoms with Crippen molar-refractivity contribution in [1.29, 1.82) is 0 Å². The minimum atomic E-state index is -1.58. The van der Waals surface area contributed by atoms with Crippen molar-refractivity contribution in [2.24, 2.45) is 11.8 Å². The van der Waals surface area contributed by atoms with Crippen molar-refractivity contribution in [1.82, 2.24) is 4.98 Å². The molecule has 9 heteroatoms. The van der Waals surface area contributed by atoms with Gasteiger partial charge in [-0.25, -0.2) is 13.2 Å². The standard InChI is InChI=1S/C29H32ClF3N2O2S/c1-4-5-21(12-18(2)16-37-17-20-8-10-34-11-9-20)19(3)38-27-13-22(6-7-24(27)30)29(36)35-23-14-25(31)28(33)26(32)15-23/h6-11,13-15,18-19,21H,4-5,12,16-17H2,1-3H3,(H,35,36). The van der Waals surface area contributed by atoms with Gasteiger partial charge in [-0.1, -0.05) is 38.8 Å². The third-order valence-electron chi connectivity index (χ3n) is 6.20. The number of nitrogens with zero attached hydrogens (tertiary/aromatic N) is 1. The van der Waals surface area contributed by atoms with Crippen LogP contribution in [-0.2, 0) is 11.3 Å². The fourth-order valence-electron chi connectivity index (χ4n) is 4.22. The number of benzene rings is 2. The Morgan fingerprint density at radius 3 is 2.42 bits per heavy atom. The van der Waals surface area contributed by atoms with Crippen LogP contribution in [-0.4, -0.2) is 22.7 Å². The second-order valence-electron chi connectivity index (χ2n) is 9.44. The van der Waals surface area contributed by atoms with Crippen molar-refractivity contribution >= 4 is 35.0 Å². The van der Waals surface area contributed by atoms with E-state index in [0.717, 1.165) is 41.9 Å². The lowest BCUT2D eigenvalue weighted by Gasteiger charge is -2.26. The molecule has 0 bridgehead atoms. The van der Waals surface area contributed by atoms with Gasteiger partial charge in [0, 0.05) is 52.5 Å². The monoisotopic (exact) mass is 564 g/mol. The van der Waals surface area contributed by atoms with Crippen LogP contribution in [0.25, 0.3) is 0 Å². The highest BCUT2D eigenvalue weighted by Gasteiger charge is 2.22. The Morgan fingerprint density at radius 2 is 1.76 bits per heavy atom. The molecule has 0 aliphatic rings. The number of thioether (sulfide) groups is 1. The molecule has 4 nitrogen and oxygen atoms in total. The first-order valence-corrected chi connectivity index (χ1v) is 13.8. The lowest BCUT2D eigenvalue weighted by atomic mass is 9.90. The smallest absolute Gasteiger partial charge is 0.255 e. The second-order valence-corrected chi connectivity index (χ2v) is 11.3. The lowest BCUT2D eigenvalue weighted by Crippen LogP contribution is -2.19. The highest BCUT2D eigenvalue weighted by Crippen LogP contribution is 2.37. The summed E-state index contributed by atoms with van der Waals surface area (Å²) in [6, 6.07) is 10.2. The first-order valence-electron chi connectivity index (χ1n) is 12.6. The average Bonchev–Trinajstić information content (AvgIpc) is 2.88. The van der Waals surface area contributed by atoms with Gasteiger partial charge < -0.3 is 10.1 Å². The van der Waals surface area contributed by atoms with Gasteiger partial charge in [0.15, 0.2) is 17.5 Å². The number of halogens is 4. The number of carbonyl (C=O) groups is 1. The number of carbonyl (C=O) groups excluding carboxylic acids is 1. The van der Waals surface area contributed by atoms with E-state index in [-0.39, 0.29) is 16.5 Å². The molecule has 204 valence electrons. The summed E-state index contributed by atoms with van der Waals surface area (Å²) in [6.07, 6.45) is 6.58. The normalized spacial score (nSPS) is 13.7. The maximum atomic E-state index is 13.5. The molecule has 3 aromatic rings. The molecule has 2 aromatic carbocycles. The Balaban J connectivity index is 1.62. The van der Waals surface area contributed by atoms with Crippen molar-refractivity contribution in [3.05, 3.63) is 88.5 Å². The fourth-order valence-corrected chi connectivity index (χ4v) is 5.69. The zero-order valence-corrected chi connectivity index (χ0v) is 23.2. The van der Waals surface area contributed by atoms with E-state index >= 15 is 0 Å². The fraction of sp³-hybridized carbons (Fsp3) is 0.379. The molecule has 0 radical (unpaired) electrons. The van der Waals surface area contributed by atoms with Crippen LogP contribution >= 0.6 is 23.4 Å². The van der Waals surface area contributed by atoms with Crippen molar-refractivity contribution in [2.75, 3.05) is 11.9 Å². The molecule has 1 N–H and O–H groups in total. The SMILES string of the molecule is CCCC(CC(C)COCc1ccncc1)C(C)Sc1cc(C(=O)Nc2cc(F)c(F)c(F)c2)ccc1Cl. The van der Waals surface area contributed by atoms with Crippen LogP contribution in [0.4, 0.5) is 18.9 Å². The van der Waals surface area contributed by atoms with Gasteiger partial charge in [0.05, 0.1) is 11.6 Å². The Hall–Kier alpha value is -2.55. The molecule has 0 aliphatic heterocycles. The number of anilines is 1. The summed E-state index contributed by atoms with van der Waals surface area (Å²) in [4.78, 5) is 17.5. The van der Waals surface area contributed by atoms with Gasteiger partial charge >= 0.3 is 0 Å². The van der Waals surface area contributed by atoms with E-state index in [1.54, 1.807) is 36.3 Å². The number of nitrogens with one attached hydrogen (secondary N) is 1. The van der Waals surface area contributed by atoms with Crippen LogP contribution < -0.4 is 5.32 Å². The molecule has 0 spiro atoms. The molecule has 38 heavy (non-hydrogen) atoms. The molecule has 0 saturated carbocycles. The van der Waals surface area contributed by atoms with Crippen LogP contribution in [0, 0.1) is 29.3 Å². The van der Waals surface area contributed by atoms with Crippen LogP contribution in [0.15, 0.2) is 59.8 Å². The molecule has 0 aliphatic carbocycles. The maximum Gasteiger partial charge on any atom is 0.255 e. The molecular weight excluding hydrogens is 533 g/mol. The van der Waals surface area contributed by atoms with Crippen molar-refractivity contribution < 1.29 is 22.7 Å². The second kappa shape index (κ2) is 14.6. The van der Waals surface area contributed by atoms with Crippen LogP contribution in [0.2, 0.25) is 5.02 Å². The Labute approximate surface area is 231 Å². The quantitative estimate of drug-likeness (QED) is 0.167. The van der Waals surface area contributed by atoms with Gasteiger partial charge in [0.1, 0.15) is 0 Å². The molecule has 0 fully saturated rings. The maximum absolute atomic E-state index is 13.5. The molecule has 1 heterocycles. The van der Waals surface area contributed by atoms with Gasteiger partial charge in [-0.2, -0.15) is 0 Å². The third kappa shape index (κ3) is 8.75. The number of hydrogen-bond donors (Lipinski definition) is 1. The molecule has 1 aromatic heterocycles. The van der Waals surface area contributed by atoms with Gasteiger partial charge in [0.2, 0.25) is 0 Å². The molecule has 0 saturated heterocycles. The number of aromatic nitrogens is 1. The summed E-state index contributed by atoms with van der Waals surface area (Å²) < 4.78 is 46.2. The van der Waals surface area contributed by atoms with Crippen molar-refractivity contribution in [2.45, 2.75) is 56.8 Å². The summed E-state index contributed by atoms with van der Waals surface area (Å²) >= 11 is 8.06. The highest BCUT2D eigenvalue weighted by molar-refractivity contribution is 8.00. The van der Waals surface area contributed by atoms with Crippen LogP contribution in [0.5, 0.6) is 0 Å². The summed E-state index contributed by atoms with van der Waals surface area (Å²) in [5.74, 6) is -4.14. The van der Waals surface area contributed by atoms with Gasteiger partial charge in [-0.05, 0) is 60.6 Å². The molecule has 3 rings (SSSR count). The number of ether oxygens (including phenoxy) is 1. The van der Waals surface area contributed by atoms with Crippen molar-refractivity contribution in [3.8, 4) is 0 Å². The first-order chi connectivity index (χ1) is 18.2. The van der Waals surface area contributed by atoms with E-state index in [4.69, 9.17) is 16.3 Å². The van der Waals surface area contributed by atoms with Gasteiger partial charge in [-0.3, -0.25) is 9.78 Å². The molecule has 1 amide bonds. The molecule has 3 atom stereocenters. The lowest BCUT2D eigenvalue weighted by molar-refractivity contribution is 0.0833. The molecular formula is C29H32ClF3N2O2S. The van der Waals surface area contributed by atoms with E-state index in [9.17, 15) is 18.0 Å². The summed E-state index contributed by atoms with van der Waals surface area (Å²) in [6.45, 7) is 7.71. The minimum Gasteiger partial charge on any atom is -0.376 e. The van der Waals surface area contributed by atoms with E-state index in [1.165, 1.54) is 6.07 Å². The minimum absolute atomic E-state index is 0.174. The predicted molar refractivity (Wildman–Crippen MR) is 147 cm³/mol. The number of hydrogen-bond acceptors (Lipinski definition) is 4. The Morgan fingerprint density at radius 1 is 1.08 bits per heavy atom. The average molecular weight is 565 g/mol. The van der Waals surface area contributed by atoms with E-state index in [1.807, 2.05) is 12.1 Å². The zero-order valence-electron chi connectivity index (χ0n) is 21.6. The zero-order chi connectivity index (χ0) is 27.7. The first kappa shape index (κ1) is 30.0. The summed E-state index contributed by atoms with van der Waals surface area (Å²) in [5.41, 5.74) is 1.20. The predicted octanol–water partition coefficient (Wildman–Crippen LogP) is 8.54. The Kier molecular flexibility index (Phi) is 11.5. The van der Waals surface area contributed by atoms with E-state index < -0.39 is 23.4 Å². The third-order valence-corrected chi connectivity index (χ3v) is 7.99. The van der Waals surface area contributed by atoms with Gasteiger partial charge in [-0.15, -0.1) is 11.8 Å². The Bertz CT molecular complexity index is 1190. The van der Waals surface area contributed by atoms with Gasteiger partial charge in [0.25, 0.3) is 5.91 Å². The number of pyridine rings is 1. The highest BCUT2D eigenvalue weighted by atomic mass is 35.5. The topological polar surface area (TPSA) is 51.2 Å². The van der Waals surface area contributed by atoms with Crippen LogP contribution in [0.1, 0.15) is 56.0 Å². The number of amides is 1.